The van der Waals surface area contributed by atoms with E-state index in [2.05, 4.69) is 29.3 Å². The Bertz CT molecular complexity index is 1280. The summed E-state index contributed by atoms with van der Waals surface area (Å²) in [7, 11) is 0. The fraction of sp³-hybridized carbons (Fsp3) is 0.125. The number of nitrogens with zero attached hydrogens (tertiary/aromatic N) is 4. The molecule has 0 saturated heterocycles. The van der Waals surface area contributed by atoms with Gasteiger partial charge in [0, 0.05) is 18.1 Å². The van der Waals surface area contributed by atoms with Gasteiger partial charge in [-0.25, -0.2) is 15.0 Å². The van der Waals surface area contributed by atoms with Gasteiger partial charge in [0.05, 0.1) is 12.2 Å². The molecule has 0 saturated carbocycles. The Morgan fingerprint density at radius 3 is 2.70 bits per heavy atom. The molecule has 0 spiro atoms. The van der Waals surface area contributed by atoms with Gasteiger partial charge in [0.25, 0.3) is 0 Å². The Morgan fingerprint density at radius 2 is 1.97 bits per heavy atom. The highest BCUT2D eigenvalue weighted by Crippen LogP contribution is 2.32. The topological polar surface area (TPSA) is 89.9 Å². The molecule has 3 N–H and O–H groups in total. The van der Waals surface area contributed by atoms with Gasteiger partial charge in [-0.05, 0) is 59.9 Å². The smallest absolute Gasteiger partial charge is 0.164 e. The standard InChI is InChI=1S/C24H21N5O/c25-22-20(7-4-12-26-22)23-28-21-13-18(17-5-2-1-3-6-17)14-27-24(21)29(23)19-10-8-16(15-30)9-11-19/h1-2,4-5,7-14,30H,3,6,15H2,(H2,25,26). The summed E-state index contributed by atoms with van der Waals surface area (Å²) in [6.07, 6.45) is 12.0. The van der Waals surface area contributed by atoms with Gasteiger partial charge >= 0.3 is 0 Å². The zero-order valence-electron chi connectivity index (χ0n) is 16.4. The van der Waals surface area contributed by atoms with Gasteiger partial charge in [0.15, 0.2) is 11.5 Å². The summed E-state index contributed by atoms with van der Waals surface area (Å²) in [6, 6.07) is 13.5. The summed E-state index contributed by atoms with van der Waals surface area (Å²) >= 11 is 0. The van der Waals surface area contributed by atoms with Crippen LogP contribution in [0.5, 0.6) is 0 Å². The number of rotatable bonds is 4. The van der Waals surface area contributed by atoms with E-state index in [0.29, 0.717) is 11.6 Å². The molecular formula is C24H21N5O. The van der Waals surface area contributed by atoms with Crippen molar-refractivity contribution in [3.63, 3.8) is 0 Å². The quantitative estimate of drug-likeness (QED) is 0.538. The first-order chi connectivity index (χ1) is 14.7. The van der Waals surface area contributed by atoms with E-state index < -0.39 is 0 Å². The second kappa shape index (κ2) is 7.57. The molecular weight excluding hydrogens is 374 g/mol. The molecule has 6 heteroatoms. The Kier molecular flexibility index (Phi) is 4.61. The minimum Gasteiger partial charge on any atom is -0.392 e. The number of aliphatic hydroxyl groups excluding tert-OH is 1. The van der Waals surface area contributed by atoms with Crippen LogP contribution in [-0.4, -0.2) is 24.6 Å². The van der Waals surface area contributed by atoms with Crippen molar-refractivity contribution in [2.75, 3.05) is 5.73 Å². The third-order valence-corrected chi connectivity index (χ3v) is 5.34. The van der Waals surface area contributed by atoms with Crippen LogP contribution >= 0.6 is 0 Å². The lowest BCUT2D eigenvalue weighted by molar-refractivity contribution is 0.282. The maximum atomic E-state index is 9.39. The van der Waals surface area contributed by atoms with Crippen molar-refractivity contribution in [1.82, 2.24) is 19.5 Å². The minimum atomic E-state index is -0.00145. The molecule has 3 aromatic heterocycles. The van der Waals surface area contributed by atoms with Crippen LogP contribution < -0.4 is 5.73 Å². The van der Waals surface area contributed by atoms with Crippen LogP contribution in [0.1, 0.15) is 24.0 Å². The summed E-state index contributed by atoms with van der Waals surface area (Å²) in [5, 5.41) is 9.39. The maximum absolute atomic E-state index is 9.39. The minimum absolute atomic E-state index is 0.00145. The highest BCUT2D eigenvalue weighted by molar-refractivity contribution is 5.85. The molecule has 3 heterocycles. The molecule has 0 radical (unpaired) electrons. The predicted molar refractivity (Wildman–Crippen MR) is 119 cm³/mol. The fourth-order valence-corrected chi connectivity index (χ4v) is 3.77. The average Bonchev–Trinajstić information content (AvgIpc) is 3.18. The molecule has 1 aliphatic rings. The van der Waals surface area contributed by atoms with E-state index in [4.69, 9.17) is 15.7 Å². The molecule has 148 valence electrons. The first-order valence-corrected chi connectivity index (χ1v) is 9.90. The highest BCUT2D eigenvalue weighted by atomic mass is 16.3. The monoisotopic (exact) mass is 395 g/mol. The number of aliphatic hydroxyl groups is 1. The van der Waals surface area contributed by atoms with Crippen molar-refractivity contribution in [3.05, 3.63) is 84.2 Å². The van der Waals surface area contributed by atoms with E-state index in [1.54, 1.807) is 6.20 Å². The highest BCUT2D eigenvalue weighted by Gasteiger charge is 2.18. The number of allylic oxidation sites excluding steroid dienone is 4. The fourth-order valence-electron chi connectivity index (χ4n) is 3.77. The van der Waals surface area contributed by atoms with Crippen LogP contribution in [0.2, 0.25) is 0 Å². The van der Waals surface area contributed by atoms with Crippen LogP contribution in [0.3, 0.4) is 0 Å². The number of anilines is 1. The number of imidazole rings is 1. The number of nitrogens with two attached hydrogens (primary N) is 1. The zero-order chi connectivity index (χ0) is 20.5. The van der Waals surface area contributed by atoms with Crippen LogP contribution in [-0.2, 0) is 6.61 Å². The maximum Gasteiger partial charge on any atom is 0.164 e. The predicted octanol–water partition coefficient (Wildman–Crippen LogP) is 4.29. The van der Waals surface area contributed by atoms with E-state index in [-0.39, 0.29) is 6.61 Å². The van der Waals surface area contributed by atoms with E-state index in [9.17, 15) is 5.11 Å². The van der Waals surface area contributed by atoms with Crippen LogP contribution in [0.15, 0.2) is 73.1 Å². The number of fused-ring (bicyclic) bond motifs is 1. The lowest BCUT2D eigenvalue weighted by Gasteiger charge is -2.11. The van der Waals surface area contributed by atoms with Crippen molar-refractivity contribution in [3.8, 4) is 17.1 Å². The molecule has 1 aromatic carbocycles. The van der Waals surface area contributed by atoms with E-state index >= 15 is 0 Å². The van der Waals surface area contributed by atoms with Crippen molar-refractivity contribution < 1.29 is 5.11 Å². The van der Waals surface area contributed by atoms with Crippen LogP contribution in [0.4, 0.5) is 5.82 Å². The summed E-state index contributed by atoms with van der Waals surface area (Å²) in [4.78, 5) is 13.9. The number of hydrogen-bond acceptors (Lipinski definition) is 5. The SMILES string of the molecule is Nc1ncccc1-c1nc2cc(C3=CC=CCC3)cnc2n1-c1ccc(CO)cc1. The number of pyridine rings is 2. The molecule has 6 nitrogen and oxygen atoms in total. The van der Waals surface area contributed by atoms with Gasteiger partial charge in [-0.1, -0.05) is 30.4 Å². The molecule has 0 amide bonds. The number of hydrogen-bond donors (Lipinski definition) is 2. The lowest BCUT2D eigenvalue weighted by Crippen LogP contribution is -2.02. The Balaban J connectivity index is 1.74. The summed E-state index contributed by atoms with van der Waals surface area (Å²) in [5.74, 6) is 1.11. The summed E-state index contributed by atoms with van der Waals surface area (Å²) < 4.78 is 1.99. The average molecular weight is 395 g/mol. The molecule has 5 rings (SSSR count). The van der Waals surface area contributed by atoms with Gasteiger partial charge in [-0.15, -0.1) is 0 Å². The third kappa shape index (κ3) is 3.17. The molecule has 0 fully saturated rings. The Hall–Kier alpha value is -3.77. The van der Waals surface area contributed by atoms with Crippen molar-refractivity contribution in [2.24, 2.45) is 0 Å². The summed E-state index contributed by atoms with van der Waals surface area (Å²) in [6.45, 7) is -0.00145. The van der Waals surface area contributed by atoms with Gasteiger partial charge in [-0.3, -0.25) is 4.57 Å². The third-order valence-electron chi connectivity index (χ3n) is 5.34. The van der Waals surface area contributed by atoms with Crippen LogP contribution in [0.25, 0.3) is 33.8 Å². The largest absolute Gasteiger partial charge is 0.392 e. The van der Waals surface area contributed by atoms with Gasteiger partial charge in [-0.2, -0.15) is 0 Å². The zero-order valence-corrected chi connectivity index (χ0v) is 16.4. The molecule has 0 bridgehead atoms. The number of benzene rings is 1. The molecule has 4 aromatic rings. The van der Waals surface area contributed by atoms with Crippen molar-refractivity contribution in [2.45, 2.75) is 19.4 Å². The Morgan fingerprint density at radius 1 is 1.10 bits per heavy atom. The summed E-state index contributed by atoms with van der Waals surface area (Å²) in [5.41, 5.74) is 12.6. The van der Waals surface area contributed by atoms with Gasteiger partial charge < -0.3 is 10.8 Å². The van der Waals surface area contributed by atoms with E-state index in [1.807, 2.05) is 47.2 Å². The van der Waals surface area contributed by atoms with Crippen molar-refractivity contribution in [1.29, 1.82) is 0 Å². The number of aromatic nitrogens is 4. The van der Waals surface area contributed by atoms with Crippen LogP contribution in [0, 0.1) is 0 Å². The molecule has 0 aliphatic heterocycles. The normalized spacial score (nSPS) is 13.6. The molecule has 0 unspecified atom stereocenters. The van der Waals surface area contributed by atoms with Crippen molar-refractivity contribution >= 4 is 22.6 Å². The number of nitrogen functional groups attached to an aromatic ring is 1. The second-order valence-corrected chi connectivity index (χ2v) is 7.26. The Labute approximate surface area is 174 Å². The lowest BCUT2D eigenvalue weighted by atomic mass is 9.99. The first kappa shape index (κ1) is 18.3. The van der Waals surface area contributed by atoms with Gasteiger partial charge in [0.1, 0.15) is 11.3 Å². The second-order valence-electron chi connectivity index (χ2n) is 7.26. The van der Waals surface area contributed by atoms with E-state index in [1.165, 1.54) is 5.57 Å². The molecule has 1 aliphatic carbocycles. The van der Waals surface area contributed by atoms with Gasteiger partial charge in [0.2, 0.25) is 0 Å². The molecule has 30 heavy (non-hydrogen) atoms. The van der Waals surface area contributed by atoms with E-state index in [0.717, 1.165) is 46.4 Å². The molecule has 0 atom stereocenters. The first-order valence-electron chi connectivity index (χ1n) is 9.90.